The third-order valence-electron chi connectivity index (χ3n) is 3.29. The number of nitrogens with zero attached hydrogens (tertiary/aromatic N) is 5. The first kappa shape index (κ1) is 14.2. The van der Waals surface area contributed by atoms with Gasteiger partial charge in [0.05, 0.1) is 13.7 Å². The van der Waals surface area contributed by atoms with Crippen LogP contribution in [0.1, 0.15) is 17.0 Å². The van der Waals surface area contributed by atoms with Gasteiger partial charge in [-0.15, -0.1) is 0 Å². The van der Waals surface area contributed by atoms with Crippen LogP contribution in [-0.2, 0) is 0 Å². The van der Waals surface area contributed by atoms with Gasteiger partial charge in [-0.05, 0) is 6.07 Å². The molecule has 0 radical (unpaired) electrons. The third kappa shape index (κ3) is 2.95. The fraction of sp³-hybridized carbons (Fsp3) is 0.357. The molecule has 0 bridgehead atoms. The lowest BCUT2D eigenvalue weighted by Crippen LogP contribution is -2.32. The highest BCUT2D eigenvalue weighted by molar-refractivity contribution is 5.90. The summed E-state index contributed by atoms with van der Waals surface area (Å²) in [6.07, 6.45) is 6.72. The summed E-state index contributed by atoms with van der Waals surface area (Å²) in [5.74, 6) is 0.664. The Balaban J connectivity index is 1.64. The molecule has 0 unspecified atom stereocenters. The van der Waals surface area contributed by atoms with Gasteiger partial charge in [0.2, 0.25) is 5.82 Å². The Bertz CT molecular complexity index is 652. The number of hydrogen-bond donors (Lipinski definition) is 0. The van der Waals surface area contributed by atoms with Crippen LogP contribution in [0.2, 0.25) is 0 Å². The zero-order valence-electron chi connectivity index (χ0n) is 12.0. The predicted molar refractivity (Wildman–Crippen MR) is 75.6 cm³/mol. The monoisotopic (exact) mass is 301 g/mol. The second-order valence-corrected chi connectivity index (χ2v) is 4.72. The maximum absolute atomic E-state index is 12.3. The smallest absolute Gasteiger partial charge is 0.291 e. The molecular formula is C14H15N5O3. The van der Waals surface area contributed by atoms with Gasteiger partial charge in [0.1, 0.15) is 6.10 Å². The van der Waals surface area contributed by atoms with Gasteiger partial charge in [0.25, 0.3) is 17.7 Å². The second kappa shape index (κ2) is 6.33. The molecule has 0 N–H and O–H groups in total. The average molecular weight is 301 g/mol. The molecule has 22 heavy (non-hydrogen) atoms. The van der Waals surface area contributed by atoms with E-state index < -0.39 is 0 Å². The Morgan fingerprint density at radius 1 is 1.14 bits per heavy atom. The fourth-order valence-corrected chi connectivity index (χ4v) is 2.25. The number of carbonyl (C=O) groups is 1. The van der Waals surface area contributed by atoms with Crippen LogP contribution in [0, 0.1) is 0 Å². The molecule has 3 heterocycles. The maximum Gasteiger partial charge on any atom is 0.291 e. The predicted octanol–water partition coefficient (Wildman–Crippen LogP) is 0.569. The van der Waals surface area contributed by atoms with Crippen LogP contribution in [0.25, 0.3) is 0 Å². The van der Waals surface area contributed by atoms with E-state index in [9.17, 15) is 4.79 Å². The number of aromatic nitrogens is 4. The van der Waals surface area contributed by atoms with E-state index in [1.54, 1.807) is 23.4 Å². The molecule has 114 valence electrons. The second-order valence-electron chi connectivity index (χ2n) is 4.72. The summed E-state index contributed by atoms with van der Waals surface area (Å²) >= 11 is 0. The van der Waals surface area contributed by atoms with E-state index in [1.807, 2.05) is 0 Å². The van der Waals surface area contributed by atoms with Crippen molar-refractivity contribution in [1.82, 2.24) is 24.8 Å². The number of carbonyl (C=O) groups excluding carboxylic acids is 1. The average Bonchev–Trinajstić information content (AvgIpc) is 3.04. The Morgan fingerprint density at radius 2 is 1.86 bits per heavy atom. The van der Waals surface area contributed by atoms with Crippen molar-refractivity contribution in [3.05, 3.63) is 36.7 Å². The van der Waals surface area contributed by atoms with Crippen molar-refractivity contribution in [2.75, 3.05) is 20.2 Å². The van der Waals surface area contributed by atoms with E-state index in [0.29, 0.717) is 31.3 Å². The minimum absolute atomic E-state index is 0.154. The number of methoxy groups -OCH3 is 1. The van der Waals surface area contributed by atoms with Gasteiger partial charge >= 0.3 is 0 Å². The van der Waals surface area contributed by atoms with Crippen molar-refractivity contribution >= 4 is 5.91 Å². The van der Waals surface area contributed by atoms with Crippen molar-refractivity contribution in [3.63, 3.8) is 0 Å². The van der Waals surface area contributed by atoms with Gasteiger partial charge < -0.3 is 14.4 Å². The number of amides is 1. The molecule has 1 aliphatic rings. The Labute approximate surface area is 127 Å². The van der Waals surface area contributed by atoms with Crippen molar-refractivity contribution in [3.8, 4) is 11.8 Å². The third-order valence-corrected chi connectivity index (χ3v) is 3.29. The van der Waals surface area contributed by atoms with E-state index >= 15 is 0 Å². The summed E-state index contributed by atoms with van der Waals surface area (Å²) in [7, 11) is 1.51. The van der Waals surface area contributed by atoms with Crippen LogP contribution < -0.4 is 9.47 Å². The van der Waals surface area contributed by atoms with E-state index in [-0.39, 0.29) is 17.8 Å². The lowest BCUT2D eigenvalue weighted by molar-refractivity contribution is 0.0758. The molecular weight excluding hydrogens is 286 g/mol. The standard InChI is InChI=1S/C14H15N5O3/c1-21-12-13(18-7-6-17-12)22-10-3-8-19(9-10)14(20)11-15-4-2-5-16-11/h2,4-7,10H,3,8-9H2,1H3/t10-/m0/s1. The zero-order chi connectivity index (χ0) is 15.4. The van der Waals surface area contributed by atoms with Crippen LogP contribution in [0.5, 0.6) is 11.8 Å². The topological polar surface area (TPSA) is 90.3 Å². The summed E-state index contributed by atoms with van der Waals surface area (Å²) < 4.78 is 10.9. The van der Waals surface area contributed by atoms with Gasteiger partial charge in [-0.2, -0.15) is 0 Å². The van der Waals surface area contributed by atoms with E-state index in [4.69, 9.17) is 9.47 Å². The van der Waals surface area contributed by atoms with Crippen molar-refractivity contribution in [1.29, 1.82) is 0 Å². The van der Waals surface area contributed by atoms with Crippen LogP contribution in [0.15, 0.2) is 30.9 Å². The molecule has 1 atom stereocenters. The summed E-state index contributed by atoms with van der Waals surface area (Å²) in [5, 5.41) is 0. The molecule has 1 fully saturated rings. The number of ether oxygens (including phenoxy) is 2. The maximum atomic E-state index is 12.3. The molecule has 8 nitrogen and oxygen atoms in total. The Kier molecular flexibility index (Phi) is 4.08. The van der Waals surface area contributed by atoms with Crippen molar-refractivity contribution < 1.29 is 14.3 Å². The normalized spacial score (nSPS) is 17.3. The Hall–Kier alpha value is -2.77. The van der Waals surface area contributed by atoms with Gasteiger partial charge in [-0.25, -0.2) is 19.9 Å². The molecule has 0 saturated carbocycles. The molecule has 3 rings (SSSR count). The molecule has 0 spiro atoms. The quantitative estimate of drug-likeness (QED) is 0.815. The van der Waals surface area contributed by atoms with Crippen LogP contribution in [0.4, 0.5) is 0 Å². The molecule has 1 aliphatic heterocycles. The highest BCUT2D eigenvalue weighted by Crippen LogP contribution is 2.24. The molecule has 2 aromatic rings. The molecule has 0 aliphatic carbocycles. The van der Waals surface area contributed by atoms with E-state index in [0.717, 1.165) is 0 Å². The summed E-state index contributed by atoms with van der Waals surface area (Å²) in [6, 6.07) is 1.67. The van der Waals surface area contributed by atoms with Gasteiger partial charge in [0, 0.05) is 37.8 Å². The summed E-state index contributed by atoms with van der Waals surface area (Å²) in [5.41, 5.74) is 0. The molecule has 8 heteroatoms. The van der Waals surface area contributed by atoms with E-state index in [2.05, 4.69) is 19.9 Å². The number of rotatable bonds is 4. The molecule has 0 aromatic carbocycles. The van der Waals surface area contributed by atoms with E-state index in [1.165, 1.54) is 19.5 Å². The zero-order valence-corrected chi connectivity index (χ0v) is 12.0. The summed E-state index contributed by atoms with van der Waals surface area (Å²) in [4.78, 5) is 30.0. The first-order valence-corrected chi connectivity index (χ1v) is 6.86. The SMILES string of the molecule is COc1nccnc1O[C@H]1CCN(C(=O)c2ncccn2)C1. The molecule has 1 amide bonds. The minimum Gasteiger partial charge on any atom is -0.477 e. The molecule has 2 aromatic heterocycles. The Morgan fingerprint density at radius 3 is 2.59 bits per heavy atom. The van der Waals surface area contributed by atoms with Gasteiger partial charge in [-0.3, -0.25) is 4.79 Å². The molecule has 1 saturated heterocycles. The van der Waals surface area contributed by atoms with Crippen molar-refractivity contribution in [2.45, 2.75) is 12.5 Å². The van der Waals surface area contributed by atoms with Gasteiger partial charge in [-0.1, -0.05) is 0 Å². The van der Waals surface area contributed by atoms with Crippen LogP contribution >= 0.6 is 0 Å². The van der Waals surface area contributed by atoms with Gasteiger partial charge in [0.15, 0.2) is 0 Å². The fourth-order valence-electron chi connectivity index (χ4n) is 2.25. The number of hydrogen-bond acceptors (Lipinski definition) is 7. The first-order chi connectivity index (χ1) is 10.8. The first-order valence-electron chi connectivity index (χ1n) is 6.86. The van der Waals surface area contributed by atoms with Crippen LogP contribution in [-0.4, -0.2) is 57.0 Å². The largest absolute Gasteiger partial charge is 0.477 e. The highest BCUT2D eigenvalue weighted by Gasteiger charge is 2.30. The highest BCUT2D eigenvalue weighted by atomic mass is 16.5. The van der Waals surface area contributed by atoms with Crippen molar-refractivity contribution in [2.24, 2.45) is 0 Å². The number of likely N-dealkylation sites (tertiary alicyclic amines) is 1. The summed E-state index contributed by atoms with van der Waals surface area (Å²) in [6.45, 7) is 1.04. The lowest BCUT2D eigenvalue weighted by atomic mass is 10.3. The van der Waals surface area contributed by atoms with Crippen LogP contribution in [0.3, 0.4) is 0 Å². The minimum atomic E-state index is -0.196. The lowest BCUT2D eigenvalue weighted by Gasteiger charge is -2.16.